The monoisotopic (exact) mass is 420 g/mol. The number of para-hydroxylation sites is 1. The van der Waals surface area contributed by atoms with Gasteiger partial charge in [0.1, 0.15) is 6.04 Å². The number of hydrogen-bond acceptors (Lipinski definition) is 2. The van der Waals surface area contributed by atoms with E-state index in [0.717, 1.165) is 22.9 Å². The second-order valence-electron chi connectivity index (χ2n) is 8.35. The summed E-state index contributed by atoms with van der Waals surface area (Å²) < 4.78 is 0. The molecule has 6 nitrogen and oxygen atoms in total. The van der Waals surface area contributed by atoms with Crippen LogP contribution in [0.3, 0.4) is 0 Å². The predicted molar refractivity (Wildman–Crippen MR) is 125 cm³/mol. The number of carbonyl (C=O) groups is 2. The average Bonchev–Trinajstić information content (AvgIpc) is 3.15. The van der Waals surface area contributed by atoms with Gasteiger partial charge in [-0.05, 0) is 42.0 Å². The number of rotatable bonds is 8. The van der Waals surface area contributed by atoms with E-state index in [1.54, 1.807) is 7.05 Å². The van der Waals surface area contributed by atoms with E-state index in [2.05, 4.69) is 59.0 Å². The normalized spacial score (nSPS) is 13.1. The van der Waals surface area contributed by atoms with E-state index in [1.807, 2.05) is 37.4 Å². The highest BCUT2D eigenvalue weighted by Gasteiger charge is 2.22. The minimum atomic E-state index is -0.665. The third-order valence-corrected chi connectivity index (χ3v) is 5.53. The molecule has 3 rings (SSSR count). The van der Waals surface area contributed by atoms with Gasteiger partial charge in [0.2, 0.25) is 5.91 Å². The first-order valence-corrected chi connectivity index (χ1v) is 10.8. The van der Waals surface area contributed by atoms with Gasteiger partial charge < -0.3 is 20.9 Å². The predicted octanol–water partition coefficient (Wildman–Crippen LogP) is 3.88. The van der Waals surface area contributed by atoms with E-state index in [1.165, 1.54) is 11.1 Å². The third kappa shape index (κ3) is 5.87. The molecule has 31 heavy (non-hydrogen) atoms. The molecule has 0 aliphatic heterocycles. The molecule has 1 aromatic heterocycles. The fourth-order valence-corrected chi connectivity index (χ4v) is 3.77. The number of hydrogen-bond donors (Lipinski definition) is 4. The summed E-state index contributed by atoms with van der Waals surface area (Å²) >= 11 is 0. The lowest BCUT2D eigenvalue weighted by Crippen LogP contribution is -2.52. The van der Waals surface area contributed by atoms with E-state index < -0.39 is 6.04 Å². The van der Waals surface area contributed by atoms with Gasteiger partial charge in [-0.3, -0.25) is 4.79 Å². The molecule has 0 aliphatic rings. The summed E-state index contributed by atoms with van der Waals surface area (Å²) in [6.07, 6.45) is 3.02. The maximum absolute atomic E-state index is 12.6. The fourth-order valence-electron chi connectivity index (χ4n) is 3.77. The van der Waals surface area contributed by atoms with Gasteiger partial charge in [0, 0.05) is 36.6 Å². The second-order valence-corrected chi connectivity index (χ2v) is 8.35. The summed E-state index contributed by atoms with van der Waals surface area (Å²) in [5.74, 6) is 0.270. The smallest absolute Gasteiger partial charge is 0.315 e. The Kier molecular flexibility index (Phi) is 7.34. The van der Waals surface area contributed by atoms with Gasteiger partial charge in [0.15, 0.2) is 0 Å². The lowest BCUT2D eigenvalue weighted by Gasteiger charge is -2.20. The average molecular weight is 421 g/mol. The van der Waals surface area contributed by atoms with E-state index in [9.17, 15) is 9.59 Å². The minimum absolute atomic E-state index is 0.0664. The molecule has 3 amide bonds. The Morgan fingerprint density at radius 3 is 2.32 bits per heavy atom. The topological polar surface area (TPSA) is 86.0 Å². The molecule has 4 N–H and O–H groups in total. The first-order chi connectivity index (χ1) is 14.9. The zero-order valence-corrected chi connectivity index (χ0v) is 18.7. The van der Waals surface area contributed by atoms with Crippen molar-refractivity contribution in [1.29, 1.82) is 0 Å². The number of amides is 3. The molecule has 0 saturated heterocycles. The standard InChI is InChI=1S/C25H32N4O2/c1-16(2)19-11-9-18(10-12-19)13-17(3)28-25(31)29-23(24(30)26-4)14-20-15-27-22-8-6-5-7-21(20)22/h5-12,15-17,23,27H,13-14H2,1-4H3,(H,26,30)(H2,28,29,31)/t17?,23-/m0/s1. The highest BCUT2D eigenvalue weighted by molar-refractivity contribution is 5.89. The Labute approximate surface area is 183 Å². The second kappa shape index (κ2) is 10.2. The molecule has 3 aromatic rings. The van der Waals surface area contributed by atoms with Crippen LogP contribution >= 0.6 is 0 Å². The van der Waals surface area contributed by atoms with Crippen LogP contribution in [0.1, 0.15) is 43.4 Å². The summed E-state index contributed by atoms with van der Waals surface area (Å²) in [5.41, 5.74) is 4.46. The number of fused-ring (bicyclic) bond motifs is 1. The molecule has 0 spiro atoms. The zero-order chi connectivity index (χ0) is 22.4. The van der Waals surface area contributed by atoms with Gasteiger partial charge in [-0.2, -0.15) is 0 Å². The Hall–Kier alpha value is -3.28. The highest BCUT2D eigenvalue weighted by Crippen LogP contribution is 2.19. The molecule has 1 unspecified atom stereocenters. The maximum Gasteiger partial charge on any atom is 0.315 e. The van der Waals surface area contributed by atoms with Crippen LogP contribution in [0.2, 0.25) is 0 Å². The Morgan fingerprint density at radius 2 is 1.65 bits per heavy atom. The molecule has 2 atom stereocenters. The van der Waals surface area contributed by atoms with Gasteiger partial charge >= 0.3 is 6.03 Å². The largest absolute Gasteiger partial charge is 0.361 e. The highest BCUT2D eigenvalue weighted by atomic mass is 16.2. The molecular formula is C25H32N4O2. The van der Waals surface area contributed by atoms with Crippen molar-refractivity contribution in [3.8, 4) is 0 Å². The molecule has 0 saturated carbocycles. The van der Waals surface area contributed by atoms with Gasteiger partial charge in [-0.15, -0.1) is 0 Å². The van der Waals surface area contributed by atoms with E-state index in [-0.39, 0.29) is 18.0 Å². The number of aromatic nitrogens is 1. The number of aromatic amines is 1. The van der Waals surface area contributed by atoms with Crippen molar-refractivity contribution in [2.24, 2.45) is 0 Å². The van der Waals surface area contributed by atoms with Gasteiger partial charge in [-0.1, -0.05) is 56.3 Å². The fraction of sp³-hybridized carbons (Fsp3) is 0.360. The van der Waals surface area contributed by atoms with E-state index >= 15 is 0 Å². The Bertz CT molecular complexity index is 1020. The van der Waals surface area contributed by atoms with Gasteiger partial charge in [-0.25, -0.2) is 4.79 Å². The zero-order valence-electron chi connectivity index (χ0n) is 18.7. The molecule has 0 fully saturated rings. The first-order valence-electron chi connectivity index (χ1n) is 10.8. The lowest BCUT2D eigenvalue weighted by atomic mass is 9.99. The van der Waals surface area contributed by atoms with Crippen LogP contribution in [0.25, 0.3) is 10.9 Å². The summed E-state index contributed by atoms with van der Waals surface area (Å²) in [5, 5.41) is 9.49. The van der Waals surface area contributed by atoms with Crippen LogP contribution in [-0.4, -0.2) is 36.1 Å². The summed E-state index contributed by atoms with van der Waals surface area (Å²) in [4.78, 5) is 28.2. The molecule has 0 bridgehead atoms. The van der Waals surface area contributed by atoms with Gasteiger partial charge in [0.25, 0.3) is 0 Å². The minimum Gasteiger partial charge on any atom is -0.361 e. The van der Waals surface area contributed by atoms with Crippen LogP contribution in [0, 0.1) is 0 Å². The van der Waals surface area contributed by atoms with Crippen molar-refractivity contribution in [3.05, 3.63) is 71.4 Å². The molecule has 1 heterocycles. The molecular weight excluding hydrogens is 388 g/mol. The van der Waals surface area contributed by atoms with Crippen molar-refractivity contribution in [2.45, 2.75) is 51.6 Å². The van der Waals surface area contributed by atoms with E-state index in [4.69, 9.17) is 0 Å². The van der Waals surface area contributed by atoms with E-state index in [0.29, 0.717) is 12.3 Å². The Balaban J connectivity index is 1.60. The number of H-pyrrole nitrogens is 1. The number of likely N-dealkylation sites (N-methyl/N-ethyl adjacent to an activating group) is 1. The molecule has 6 heteroatoms. The first kappa shape index (κ1) is 22.4. The Morgan fingerprint density at radius 1 is 0.935 bits per heavy atom. The summed E-state index contributed by atoms with van der Waals surface area (Å²) in [6, 6.07) is 15.3. The molecule has 0 aliphatic carbocycles. The van der Waals surface area contributed by atoms with Crippen molar-refractivity contribution < 1.29 is 9.59 Å². The van der Waals surface area contributed by atoms with Crippen molar-refractivity contribution in [3.63, 3.8) is 0 Å². The molecule has 164 valence electrons. The number of benzene rings is 2. The number of carbonyl (C=O) groups excluding carboxylic acids is 2. The maximum atomic E-state index is 12.6. The van der Waals surface area contributed by atoms with Crippen molar-refractivity contribution in [1.82, 2.24) is 20.9 Å². The summed E-state index contributed by atoms with van der Waals surface area (Å²) in [6.45, 7) is 6.30. The SMILES string of the molecule is CNC(=O)[C@H](Cc1c[nH]c2ccccc12)NC(=O)NC(C)Cc1ccc(C(C)C)cc1. The van der Waals surface area contributed by atoms with Crippen LogP contribution in [-0.2, 0) is 17.6 Å². The third-order valence-electron chi connectivity index (χ3n) is 5.53. The molecule has 0 radical (unpaired) electrons. The van der Waals surface area contributed by atoms with Crippen molar-refractivity contribution in [2.75, 3.05) is 7.05 Å². The number of nitrogens with one attached hydrogen (secondary N) is 4. The van der Waals surface area contributed by atoms with Crippen LogP contribution < -0.4 is 16.0 Å². The van der Waals surface area contributed by atoms with Gasteiger partial charge in [0.05, 0.1) is 0 Å². The number of urea groups is 1. The molecule has 2 aromatic carbocycles. The quantitative estimate of drug-likeness (QED) is 0.446. The van der Waals surface area contributed by atoms with Crippen LogP contribution in [0.15, 0.2) is 54.7 Å². The van der Waals surface area contributed by atoms with Crippen LogP contribution in [0.5, 0.6) is 0 Å². The lowest BCUT2D eigenvalue weighted by molar-refractivity contribution is -0.122. The van der Waals surface area contributed by atoms with Crippen molar-refractivity contribution >= 4 is 22.8 Å². The van der Waals surface area contributed by atoms with Crippen LogP contribution in [0.4, 0.5) is 4.79 Å². The summed E-state index contributed by atoms with van der Waals surface area (Å²) in [7, 11) is 1.58.